The molecule has 1 unspecified atom stereocenters. The zero-order valence-electron chi connectivity index (χ0n) is 14.3. The lowest BCUT2D eigenvalue weighted by molar-refractivity contribution is -0.130. The molecular formula is C19H32N2O. The van der Waals surface area contributed by atoms with Gasteiger partial charge in [-0.2, -0.15) is 0 Å². The molecule has 5 fully saturated rings. The van der Waals surface area contributed by atoms with E-state index in [0.717, 1.165) is 55.5 Å². The molecule has 5 rings (SSSR count). The predicted molar refractivity (Wildman–Crippen MR) is 88.4 cm³/mol. The van der Waals surface area contributed by atoms with Crippen LogP contribution in [0.1, 0.15) is 58.8 Å². The van der Waals surface area contributed by atoms with Crippen LogP contribution in [0.15, 0.2) is 0 Å². The van der Waals surface area contributed by atoms with Gasteiger partial charge in [0, 0.05) is 32.1 Å². The smallest absolute Gasteiger partial charge is 0.219 e. The molecule has 4 aliphatic carbocycles. The van der Waals surface area contributed by atoms with Gasteiger partial charge in [0.05, 0.1) is 0 Å². The molecule has 4 saturated carbocycles. The SMILES string of the molecule is CC(=O)N1CCC(NC(C)C2C3CC4CC(C3)CC2C4)CC1. The minimum Gasteiger partial charge on any atom is -0.343 e. The van der Waals surface area contributed by atoms with Gasteiger partial charge >= 0.3 is 0 Å². The van der Waals surface area contributed by atoms with E-state index in [1.54, 1.807) is 13.3 Å². The first-order chi connectivity index (χ1) is 10.6. The summed E-state index contributed by atoms with van der Waals surface area (Å²) in [7, 11) is 0. The number of amides is 1. The van der Waals surface area contributed by atoms with E-state index in [2.05, 4.69) is 12.2 Å². The Morgan fingerprint density at radius 1 is 1.00 bits per heavy atom. The number of nitrogens with zero attached hydrogens (tertiary/aromatic N) is 1. The summed E-state index contributed by atoms with van der Waals surface area (Å²) < 4.78 is 0. The number of carbonyl (C=O) groups excluding carboxylic acids is 1. The third-order valence-electron chi connectivity index (χ3n) is 7.32. The van der Waals surface area contributed by atoms with E-state index < -0.39 is 0 Å². The average molecular weight is 304 g/mol. The average Bonchev–Trinajstić information content (AvgIpc) is 2.46. The third-order valence-corrected chi connectivity index (χ3v) is 7.32. The maximum atomic E-state index is 11.4. The zero-order chi connectivity index (χ0) is 15.3. The summed E-state index contributed by atoms with van der Waals surface area (Å²) in [4.78, 5) is 13.5. The number of hydrogen-bond donors (Lipinski definition) is 1. The largest absolute Gasteiger partial charge is 0.343 e. The summed E-state index contributed by atoms with van der Waals surface area (Å²) in [5.41, 5.74) is 0. The normalized spacial score (nSPS) is 42.6. The minimum absolute atomic E-state index is 0.243. The van der Waals surface area contributed by atoms with Gasteiger partial charge in [0.15, 0.2) is 0 Å². The Labute approximate surface area is 135 Å². The molecule has 0 spiro atoms. The second kappa shape index (κ2) is 5.81. The molecule has 0 aromatic carbocycles. The van der Waals surface area contributed by atoms with E-state index >= 15 is 0 Å². The Morgan fingerprint density at radius 2 is 1.55 bits per heavy atom. The first kappa shape index (κ1) is 15.0. The van der Waals surface area contributed by atoms with E-state index in [1.165, 1.54) is 25.7 Å². The topological polar surface area (TPSA) is 32.3 Å². The molecule has 1 heterocycles. The van der Waals surface area contributed by atoms with Crippen LogP contribution >= 0.6 is 0 Å². The van der Waals surface area contributed by atoms with E-state index in [1.807, 2.05) is 4.90 Å². The third kappa shape index (κ3) is 2.70. The molecule has 0 radical (unpaired) electrons. The van der Waals surface area contributed by atoms with Crippen molar-refractivity contribution in [3.05, 3.63) is 0 Å². The molecule has 5 aliphatic rings. The summed E-state index contributed by atoms with van der Waals surface area (Å²) in [6.07, 6.45) is 9.90. The molecule has 124 valence electrons. The monoisotopic (exact) mass is 304 g/mol. The van der Waals surface area contributed by atoms with Crippen molar-refractivity contribution in [1.29, 1.82) is 0 Å². The highest BCUT2D eigenvalue weighted by atomic mass is 16.2. The summed E-state index contributed by atoms with van der Waals surface area (Å²) >= 11 is 0. The van der Waals surface area contributed by atoms with Crippen molar-refractivity contribution in [2.45, 2.75) is 70.9 Å². The van der Waals surface area contributed by atoms with Crippen LogP contribution in [0.5, 0.6) is 0 Å². The highest BCUT2D eigenvalue weighted by Gasteiger charge is 2.49. The van der Waals surface area contributed by atoms with Crippen molar-refractivity contribution in [1.82, 2.24) is 10.2 Å². The highest BCUT2D eigenvalue weighted by Crippen LogP contribution is 2.57. The Balaban J connectivity index is 1.33. The van der Waals surface area contributed by atoms with Crippen molar-refractivity contribution >= 4 is 5.91 Å². The Hall–Kier alpha value is -0.570. The molecule has 1 N–H and O–H groups in total. The van der Waals surface area contributed by atoms with Crippen LogP contribution in [0, 0.1) is 29.6 Å². The van der Waals surface area contributed by atoms with Crippen LogP contribution in [0.4, 0.5) is 0 Å². The van der Waals surface area contributed by atoms with E-state index in [-0.39, 0.29) is 5.91 Å². The van der Waals surface area contributed by atoms with Crippen LogP contribution < -0.4 is 5.32 Å². The van der Waals surface area contributed by atoms with E-state index in [0.29, 0.717) is 12.1 Å². The fourth-order valence-electron chi connectivity index (χ4n) is 6.63. The lowest BCUT2D eigenvalue weighted by Crippen LogP contribution is -2.55. The predicted octanol–water partition coefficient (Wildman–Crippen LogP) is 3.05. The quantitative estimate of drug-likeness (QED) is 0.869. The van der Waals surface area contributed by atoms with Crippen molar-refractivity contribution < 1.29 is 4.79 Å². The molecule has 1 aliphatic heterocycles. The van der Waals surface area contributed by atoms with Crippen LogP contribution in [0.3, 0.4) is 0 Å². The molecule has 1 amide bonds. The molecule has 1 saturated heterocycles. The Morgan fingerprint density at radius 3 is 2.05 bits per heavy atom. The van der Waals surface area contributed by atoms with Crippen LogP contribution in [0.25, 0.3) is 0 Å². The number of carbonyl (C=O) groups is 1. The van der Waals surface area contributed by atoms with E-state index in [9.17, 15) is 4.79 Å². The molecule has 4 bridgehead atoms. The van der Waals surface area contributed by atoms with Crippen LogP contribution in [0.2, 0.25) is 0 Å². The minimum atomic E-state index is 0.243. The first-order valence-electron chi connectivity index (χ1n) is 9.61. The summed E-state index contributed by atoms with van der Waals surface area (Å²) in [6, 6.07) is 1.30. The zero-order valence-corrected chi connectivity index (χ0v) is 14.3. The molecule has 1 atom stereocenters. The molecule has 22 heavy (non-hydrogen) atoms. The summed E-state index contributed by atoms with van der Waals surface area (Å²) in [6.45, 7) is 6.04. The van der Waals surface area contributed by atoms with Crippen molar-refractivity contribution in [2.24, 2.45) is 29.6 Å². The number of rotatable bonds is 3. The van der Waals surface area contributed by atoms with Gasteiger partial charge in [0.1, 0.15) is 0 Å². The van der Waals surface area contributed by atoms with Gasteiger partial charge in [0.2, 0.25) is 5.91 Å². The van der Waals surface area contributed by atoms with Crippen molar-refractivity contribution in [3.8, 4) is 0 Å². The van der Waals surface area contributed by atoms with Crippen LogP contribution in [-0.4, -0.2) is 36.0 Å². The fourth-order valence-corrected chi connectivity index (χ4v) is 6.63. The summed E-state index contributed by atoms with van der Waals surface area (Å²) in [5.74, 6) is 5.34. The maximum absolute atomic E-state index is 11.4. The standard InChI is InChI=1S/C19H32N2O/c1-12(20-18-3-5-21(6-4-18)13(2)22)19-16-8-14-7-15(10-16)11-17(19)9-14/h12,14-20H,3-11H2,1-2H3. The lowest BCUT2D eigenvalue weighted by Gasteiger charge is -2.56. The van der Waals surface area contributed by atoms with Gasteiger partial charge in [-0.05, 0) is 81.5 Å². The van der Waals surface area contributed by atoms with Gasteiger partial charge in [0.25, 0.3) is 0 Å². The highest BCUT2D eigenvalue weighted by molar-refractivity contribution is 5.73. The Kier molecular flexibility index (Phi) is 3.96. The number of likely N-dealkylation sites (tertiary alicyclic amines) is 1. The van der Waals surface area contributed by atoms with Crippen molar-refractivity contribution in [3.63, 3.8) is 0 Å². The van der Waals surface area contributed by atoms with E-state index in [4.69, 9.17) is 0 Å². The first-order valence-corrected chi connectivity index (χ1v) is 9.61. The van der Waals surface area contributed by atoms with Gasteiger partial charge in [-0.15, -0.1) is 0 Å². The van der Waals surface area contributed by atoms with Gasteiger partial charge < -0.3 is 10.2 Å². The second-order valence-corrected chi connectivity index (χ2v) is 8.74. The molecule has 3 heteroatoms. The molecule has 3 nitrogen and oxygen atoms in total. The second-order valence-electron chi connectivity index (χ2n) is 8.74. The number of nitrogens with one attached hydrogen (secondary N) is 1. The fraction of sp³-hybridized carbons (Fsp3) is 0.947. The maximum Gasteiger partial charge on any atom is 0.219 e. The van der Waals surface area contributed by atoms with Gasteiger partial charge in [-0.25, -0.2) is 0 Å². The molecule has 0 aromatic heterocycles. The van der Waals surface area contributed by atoms with Crippen LogP contribution in [-0.2, 0) is 4.79 Å². The molecule has 0 aromatic rings. The lowest BCUT2D eigenvalue weighted by atomic mass is 9.50. The number of piperidine rings is 1. The Bertz CT molecular complexity index is 399. The summed E-state index contributed by atoms with van der Waals surface area (Å²) in [5, 5.41) is 3.97. The van der Waals surface area contributed by atoms with Crippen molar-refractivity contribution in [2.75, 3.05) is 13.1 Å². The van der Waals surface area contributed by atoms with Gasteiger partial charge in [-0.3, -0.25) is 4.79 Å². The number of hydrogen-bond acceptors (Lipinski definition) is 2. The molecular weight excluding hydrogens is 272 g/mol. The van der Waals surface area contributed by atoms with Gasteiger partial charge in [-0.1, -0.05) is 0 Å².